The first-order valence-electron chi connectivity index (χ1n) is 8.38. The van der Waals surface area contributed by atoms with E-state index in [0.29, 0.717) is 6.42 Å². The molecule has 5 heteroatoms. The van der Waals surface area contributed by atoms with Gasteiger partial charge in [0.2, 0.25) is 0 Å². The molecule has 0 aliphatic heterocycles. The monoisotopic (exact) mass is 354 g/mol. The number of phosphoric ester groups is 1. The predicted molar refractivity (Wildman–Crippen MR) is 101 cm³/mol. The van der Waals surface area contributed by atoms with Gasteiger partial charge in [0.05, 0.1) is 6.61 Å². The van der Waals surface area contributed by atoms with Gasteiger partial charge in [-0.25, -0.2) is 4.57 Å². The molecule has 0 aliphatic carbocycles. The van der Waals surface area contributed by atoms with Gasteiger partial charge in [0.15, 0.2) is 0 Å². The number of rotatable bonds is 6. The molecule has 4 aromatic carbocycles. The Bertz CT molecular complexity index is 1070. The fraction of sp³-hybridized carbons (Fsp3) is 0.200. The van der Waals surface area contributed by atoms with Gasteiger partial charge >= 0.3 is 7.82 Å². The zero-order valence-electron chi connectivity index (χ0n) is 13.7. The predicted octanol–water partition coefficient (Wildman–Crippen LogP) is 5.02. The molecule has 25 heavy (non-hydrogen) atoms. The van der Waals surface area contributed by atoms with Crippen LogP contribution in [0.25, 0.3) is 32.3 Å². The second-order valence-electron chi connectivity index (χ2n) is 6.36. The highest BCUT2D eigenvalue weighted by Gasteiger charge is 2.13. The van der Waals surface area contributed by atoms with E-state index in [1.807, 2.05) is 0 Å². The molecule has 0 radical (unpaired) electrons. The molecule has 0 aromatic heterocycles. The molecule has 0 amide bonds. The van der Waals surface area contributed by atoms with E-state index in [9.17, 15) is 4.57 Å². The molecule has 0 atom stereocenters. The van der Waals surface area contributed by atoms with E-state index in [0.717, 1.165) is 12.8 Å². The van der Waals surface area contributed by atoms with E-state index < -0.39 is 7.82 Å². The molecule has 2 N–H and O–H groups in total. The van der Waals surface area contributed by atoms with Crippen molar-refractivity contribution in [2.75, 3.05) is 6.61 Å². The molecule has 4 aromatic rings. The van der Waals surface area contributed by atoms with Crippen LogP contribution in [-0.2, 0) is 15.5 Å². The van der Waals surface area contributed by atoms with Crippen LogP contribution in [0.4, 0.5) is 0 Å². The molecule has 4 rings (SSSR count). The van der Waals surface area contributed by atoms with Crippen LogP contribution in [-0.4, -0.2) is 16.4 Å². The van der Waals surface area contributed by atoms with Crippen molar-refractivity contribution >= 4 is 40.1 Å². The fourth-order valence-corrected chi connectivity index (χ4v) is 3.98. The molecule has 128 valence electrons. The van der Waals surface area contributed by atoms with Crippen molar-refractivity contribution in [1.29, 1.82) is 0 Å². The first kappa shape index (κ1) is 16.5. The molecular weight excluding hydrogens is 335 g/mol. The van der Waals surface area contributed by atoms with E-state index in [2.05, 4.69) is 59.1 Å². The quantitative estimate of drug-likeness (QED) is 0.290. The summed E-state index contributed by atoms with van der Waals surface area (Å²) in [4.78, 5) is 17.4. The van der Waals surface area contributed by atoms with E-state index in [1.165, 1.54) is 37.9 Å². The molecule has 0 heterocycles. The lowest BCUT2D eigenvalue weighted by Crippen LogP contribution is -1.95. The molecule has 0 unspecified atom stereocenters. The summed E-state index contributed by atoms with van der Waals surface area (Å²) in [5.41, 5.74) is 1.27. The minimum absolute atomic E-state index is 0.0795. The van der Waals surface area contributed by atoms with Gasteiger partial charge in [-0.1, -0.05) is 54.6 Å². The third-order valence-corrected chi connectivity index (χ3v) is 5.24. The Kier molecular flexibility index (Phi) is 4.22. The minimum Gasteiger partial charge on any atom is -0.303 e. The van der Waals surface area contributed by atoms with E-state index >= 15 is 0 Å². The number of unbranched alkanes of at least 4 members (excludes halogenated alkanes) is 1. The third-order valence-electron chi connectivity index (χ3n) is 4.72. The van der Waals surface area contributed by atoms with Crippen LogP contribution in [0.2, 0.25) is 0 Å². The van der Waals surface area contributed by atoms with Gasteiger partial charge in [-0.2, -0.15) is 0 Å². The maximum atomic E-state index is 10.7. The van der Waals surface area contributed by atoms with Gasteiger partial charge in [0, 0.05) is 0 Å². The number of phosphoric acid groups is 1. The molecule has 0 saturated heterocycles. The number of hydrogen-bond donors (Lipinski definition) is 2. The Morgan fingerprint density at radius 3 is 2.16 bits per heavy atom. The van der Waals surface area contributed by atoms with Crippen LogP contribution in [0, 0.1) is 0 Å². The van der Waals surface area contributed by atoms with E-state index in [4.69, 9.17) is 9.79 Å². The van der Waals surface area contributed by atoms with Gasteiger partial charge < -0.3 is 9.79 Å². The zero-order valence-corrected chi connectivity index (χ0v) is 14.6. The number of hydrogen-bond acceptors (Lipinski definition) is 2. The normalized spacial score (nSPS) is 12.6. The Morgan fingerprint density at radius 1 is 0.800 bits per heavy atom. The highest BCUT2D eigenvalue weighted by molar-refractivity contribution is 7.46. The average molecular weight is 354 g/mol. The standard InChI is InChI=1S/C20H19O4P/c21-25(22,23)24-13-2-1-4-14-7-8-17-10-9-15-5-3-6-16-11-12-18(14)20(17)19(15)16/h3,5-12H,1-2,4,13H2,(H2,21,22,23). The Hall–Kier alpha value is -1.97. The molecular formula is C20H19O4P. The lowest BCUT2D eigenvalue weighted by Gasteiger charge is -2.14. The van der Waals surface area contributed by atoms with Gasteiger partial charge in [-0.05, 0) is 57.1 Å². The Balaban J connectivity index is 1.65. The maximum Gasteiger partial charge on any atom is 0.469 e. The molecule has 0 aliphatic rings. The smallest absolute Gasteiger partial charge is 0.303 e. The van der Waals surface area contributed by atoms with Crippen LogP contribution in [0.5, 0.6) is 0 Å². The summed E-state index contributed by atoms with van der Waals surface area (Å²) in [5, 5.41) is 7.62. The second kappa shape index (κ2) is 6.40. The summed E-state index contributed by atoms with van der Waals surface area (Å²) in [6.45, 7) is 0.0795. The topological polar surface area (TPSA) is 66.8 Å². The number of benzene rings is 4. The van der Waals surface area contributed by atoms with Crippen LogP contribution in [0.1, 0.15) is 18.4 Å². The van der Waals surface area contributed by atoms with E-state index in [1.54, 1.807) is 0 Å². The second-order valence-corrected chi connectivity index (χ2v) is 7.60. The Morgan fingerprint density at radius 2 is 1.44 bits per heavy atom. The van der Waals surface area contributed by atoms with Crippen molar-refractivity contribution in [3.63, 3.8) is 0 Å². The third kappa shape index (κ3) is 3.26. The summed E-state index contributed by atoms with van der Waals surface area (Å²) < 4.78 is 15.2. The number of aryl methyl sites for hydroxylation is 1. The van der Waals surface area contributed by atoms with E-state index in [-0.39, 0.29) is 6.61 Å². The summed E-state index contributed by atoms with van der Waals surface area (Å²) in [6.07, 6.45) is 2.30. The van der Waals surface area contributed by atoms with Crippen LogP contribution in [0.3, 0.4) is 0 Å². The lowest BCUT2D eigenvalue weighted by atomic mass is 9.91. The molecule has 0 bridgehead atoms. The summed E-state index contributed by atoms with van der Waals surface area (Å²) in [5.74, 6) is 0. The summed E-state index contributed by atoms with van der Waals surface area (Å²) in [7, 11) is -4.36. The summed E-state index contributed by atoms with van der Waals surface area (Å²) >= 11 is 0. The first-order valence-corrected chi connectivity index (χ1v) is 9.91. The maximum absolute atomic E-state index is 10.7. The van der Waals surface area contributed by atoms with Crippen molar-refractivity contribution in [2.24, 2.45) is 0 Å². The zero-order chi connectivity index (χ0) is 17.4. The SMILES string of the molecule is O=P(O)(O)OCCCCc1ccc2ccc3cccc4ccc1c2c34. The van der Waals surface area contributed by atoms with Gasteiger partial charge in [-0.3, -0.25) is 4.52 Å². The van der Waals surface area contributed by atoms with Crippen LogP contribution in [0.15, 0.2) is 54.6 Å². The van der Waals surface area contributed by atoms with Gasteiger partial charge in [-0.15, -0.1) is 0 Å². The Labute approximate surface area is 145 Å². The van der Waals surface area contributed by atoms with Crippen molar-refractivity contribution in [3.8, 4) is 0 Å². The van der Waals surface area contributed by atoms with Crippen molar-refractivity contribution in [2.45, 2.75) is 19.3 Å². The molecule has 0 spiro atoms. The van der Waals surface area contributed by atoms with Crippen molar-refractivity contribution in [3.05, 3.63) is 60.2 Å². The largest absolute Gasteiger partial charge is 0.469 e. The molecule has 0 fully saturated rings. The van der Waals surface area contributed by atoms with Crippen LogP contribution < -0.4 is 0 Å². The fourth-order valence-electron chi connectivity index (χ4n) is 3.61. The minimum atomic E-state index is -4.36. The lowest BCUT2D eigenvalue weighted by molar-refractivity contribution is 0.194. The highest BCUT2D eigenvalue weighted by Crippen LogP contribution is 2.37. The van der Waals surface area contributed by atoms with Gasteiger partial charge in [0.25, 0.3) is 0 Å². The van der Waals surface area contributed by atoms with Gasteiger partial charge in [0.1, 0.15) is 0 Å². The van der Waals surface area contributed by atoms with Crippen molar-refractivity contribution in [1.82, 2.24) is 0 Å². The molecule has 0 saturated carbocycles. The molecule has 4 nitrogen and oxygen atoms in total. The highest BCUT2D eigenvalue weighted by atomic mass is 31.2. The first-order chi connectivity index (χ1) is 12.0. The van der Waals surface area contributed by atoms with Crippen molar-refractivity contribution < 1.29 is 18.9 Å². The summed E-state index contributed by atoms with van der Waals surface area (Å²) in [6, 6.07) is 19.4. The average Bonchev–Trinajstić information content (AvgIpc) is 2.59. The van der Waals surface area contributed by atoms with Crippen LogP contribution >= 0.6 is 7.82 Å².